The molecule has 1 N–H and O–H groups in total. The van der Waals surface area contributed by atoms with Crippen LogP contribution < -0.4 is 0 Å². The minimum Gasteiger partial charge on any atom is -0.394 e. The number of aliphatic hydroxyl groups is 1. The van der Waals surface area contributed by atoms with Gasteiger partial charge in [0.15, 0.2) is 0 Å². The molecule has 1 saturated heterocycles. The number of carbonyl (C=O) groups is 1. The summed E-state index contributed by atoms with van der Waals surface area (Å²) in [5.41, 5.74) is 0. The fourth-order valence-electron chi connectivity index (χ4n) is 2.55. The van der Waals surface area contributed by atoms with Crippen molar-refractivity contribution in [2.75, 3.05) is 13.2 Å². The molecule has 3 nitrogen and oxygen atoms in total. The van der Waals surface area contributed by atoms with Crippen molar-refractivity contribution in [1.82, 2.24) is 4.90 Å². The molecule has 1 aliphatic heterocycles. The SMILES string of the molecule is CCCCCCCCC(=O)N1CCC[C@H]1CO. The summed E-state index contributed by atoms with van der Waals surface area (Å²) in [5.74, 6) is 0.247. The Labute approximate surface area is 105 Å². The molecule has 17 heavy (non-hydrogen) atoms. The van der Waals surface area contributed by atoms with Crippen LogP contribution in [0.5, 0.6) is 0 Å². The zero-order valence-corrected chi connectivity index (χ0v) is 11.2. The first-order valence-electron chi connectivity index (χ1n) is 7.20. The van der Waals surface area contributed by atoms with E-state index in [9.17, 15) is 4.79 Å². The number of rotatable bonds is 8. The molecule has 0 bridgehead atoms. The topological polar surface area (TPSA) is 40.5 Å². The van der Waals surface area contributed by atoms with Gasteiger partial charge in [0.25, 0.3) is 0 Å². The molecule has 1 fully saturated rings. The number of nitrogens with zero attached hydrogens (tertiary/aromatic N) is 1. The highest BCUT2D eigenvalue weighted by atomic mass is 16.3. The summed E-state index contributed by atoms with van der Waals surface area (Å²) >= 11 is 0. The summed E-state index contributed by atoms with van der Waals surface area (Å²) in [4.78, 5) is 13.8. The maximum absolute atomic E-state index is 11.9. The van der Waals surface area contributed by atoms with Gasteiger partial charge in [-0.3, -0.25) is 4.79 Å². The zero-order chi connectivity index (χ0) is 12.5. The summed E-state index contributed by atoms with van der Waals surface area (Å²) in [5, 5.41) is 9.16. The molecule has 0 aromatic rings. The maximum atomic E-state index is 11.9. The molecule has 0 aliphatic carbocycles. The van der Waals surface area contributed by atoms with E-state index in [1.54, 1.807) is 0 Å². The molecular formula is C14H27NO2. The van der Waals surface area contributed by atoms with Crippen LogP contribution >= 0.6 is 0 Å². The van der Waals surface area contributed by atoms with Crippen molar-refractivity contribution in [2.24, 2.45) is 0 Å². The number of carbonyl (C=O) groups excluding carboxylic acids is 1. The molecule has 0 saturated carbocycles. The first kappa shape index (κ1) is 14.5. The molecule has 1 rings (SSSR count). The van der Waals surface area contributed by atoms with E-state index in [-0.39, 0.29) is 18.6 Å². The van der Waals surface area contributed by atoms with E-state index < -0.39 is 0 Å². The van der Waals surface area contributed by atoms with Crippen LogP contribution in [-0.4, -0.2) is 35.1 Å². The third-order valence-electron chi connectivity index (χ3n) is 3.65. The summed E-state index contributed by atoms with van der Waals surface area (Å²) in [6, 6.07) is 0.0996. The number of aliphatic hydroxyl groups excluding tert-OH is 1. The van der Waals surface area contributed by atoms with Crippen LogP contribution in [0.2, 0.25) is 0 Å². The Bertz CT molecular complexity index is 218. The van der Waals surface area contributed by atoms with Crippen molar-refractivity contribution in [2.45, 2.75) is 70.8 Å². The molecule has 100 valence electrons. The smallest absolute Gasteiger partial charge is 0.222 e. The lowest BCUT2D eigenvalue weighted by molar-refractivity contribution is -0.132. The van der Waals surface area contributed by atoms with Crippen molar-refractivity contribution >= 4 is 5.91 Å². The molecule has 0 unspecified atom stereocenters. The second kappa shape index (κ2) is 8.51. The van der Waals surface area contributed by atoms with Crippen LogP contribution in [0.1, 0.15) is 64.7 Å². The van der Waals surface area contributed by atoms with Crippen molar-refractivity contribution in [3.05, 3.63) is 0 Å². The largest absolute Gasteiger partial charge is 0.394 e. The van der Waals surface area contributed by atoms with Gasteiger partial charge < -0.3 is 10.0 Å². The van der Waals surface area contributed by atoms with Crippen molar-refractivity contribution in [1.29, 1.82) is 0 Å². The molecular weight excluding hydrogens is 214 g/mol. The molecule has 3 heteroatoms. The van der Waals surface area contributed by atoms with Gasteiger partial charge in [0.1, 0.15) is 0 Å². The Kier molecular flexibility index (Phi) is 7.25. The second-order valence-corrected chi connectivity index (χ2v) is 5.08. The highest BCUT2D eigenvalue weighted by Gasteiger charge is 2.27. The maximum Gasteiger partial charge on any atom is 0.222 e. The monoisotopic (exact) mass is 241 g/mol. The van der Waals surface area contributed by atoms with Crippen molar-refractivity contribution in [3.8, 4) is 0 Å². The summed E-state index contributed by atoms with van der Waals surface area (Å²) in [6.45, 7) is 3.19. The number of amides is 1. The Hall–Kier alpha value is -0.570. The third kappa shape index (κ3) is 5.07. The first-order valence-corrected chi connectivity index (χ1v) is 7.20. The lowest BCUT2D eigenvalue weighted by Crippen LogP contribution is -2.37. The van der Waals surface area contributed by atoms with Crippen LogP contribution in [0.15, 0.2) is 0 Å². The van der Waals surface area contributed by atoms with Gasteiger partial charge in [-0.25, -0.2) is 0 Å². The molecule has 0 radical (unpaired) electrons. The van der Waals surface area contributed by atoms with Crippen LogP contribution in [0, 0.1) is 0 Å². The summed E-state index contributed by atoms with van der Waals surface area (Å²) in [6.07, 6.45) is 10.0. The van der Waals surface area contributed by atoms with Gasteiger partial charge in [0, 0.05) is 13.0 Å². The van der Waals surface area contributed by atoms with Crippen LogP contribution in [0.3, 0.4) is 0 Å². The molecule has 0 aromatic carbocycles. The zero-order valence-electron chi connectivity index (χ0n) is 11.2. The van der Waals surface area contributed by atoms with E-state index in [1.165, 1.54) is 32.1 Å². The summed E-state index contributed by atoms with van der Waals surface area (Å²) in [7, 11) is 0. The molecule has 1 amide bonds. The number of hydrogen-bond donors (Lipinski definition) is 1. The predicted molar refractivity (Wildman–Crippen MR) is 69.8 cm³/mol. The minimum absolute atomic E-state index is 0.0996. The lowest BCUT2D eigenvalue weighted by atomic mass is 10.1. The number of unbranched alkanes of at least 4 members (excludes halogenated alkanes) is 5. The summed E-state index contributed by atoms with van der Waals surface area (Å²) < 4.78 is 0. The molecule has 0 spiro atoms. The molecule has 1 aliphatic rings. The predicted octanol–water partition coefficient (Wildman–Crippen LogP) is 2.72. The Morgan fingerprint density at radius 3 is 2.65 bits per heavy atom. The van der Waals surface area contributed by atoms with Gasteiger partial charge in [0.2, 0.25) is 5.91 Å². The van der Waals surface area contributed by atoms with E-state index in [0.717, 1.165) is 25.8 Å². The van der Waals surface area contributed by atoms with Crippen LogP contribution in [-0.2, 0) is 4.79 Å². The van der Waals surface area contributed by atoms with E-state index in [1.807, 2.05) is 4.90 Å². The van der Waals surface area contributed by atoms with Crippen molar-refractivity contribution < 1.29 is 9.90 Å². The van der Waals surface area contributed by atoms with Gasteiger partial charge in [-0.15, -0.1) is 0 Å². The standard InChI is InChI=1S/C14H27NO2/c1-2-3-4-5-6-7-10-14(17)15-11-8-9-13(15)12-16/h13,16H,2-12H2,1H3/t13-/m0/s1. The number of hydrogen-bond acceptors (Lipinski definition) is 2. The Morgan fingerprint density at radius 2 is 1.94 bits per heavy atom. The molecule has 0 aromatic heterocycles. The Morgan fingerprint density at radius 1 is 1.24 bits per heavy atom. The van der Waals surface area contributed by atoms with Gasteiger partial charge in [0.05, 0.1) is 12.6 Å². The fourth-order valence-corrected chi connectivity index (χ4v) is 2.55. The fraction of sp³-hybridized carbons (Fsp3) is 0.929. The van der Waals surface area contributed by atoms with Gasteiger partial charge in [-0.1, -0.05) is 39.0 Å². The van der Waals surface area contributed by atoms with E-state index in [0.29, 0.717) is 6.42 Å². The van der Waals surface area contributed by atoms with E-state index in [2.05, 4.69) is 6.92 Å². The van der Waals surface area contributed by atoms with E-state index >= 15 is 0 Å². The first-order chi connectivity index (χ1) is 8.29. The highest BCUT2D eigenvalue weighted by molar-refractivity contribution is 5.76. The van der Waals surface area contributed by atoms with Gasteiger partial charge in [-0.05, 0) is 19.3 Å². The van der Waals surface area contributed by atoms with Gasteiger partial charge >= 0.3 is 0 Å². The van der Waals surface area contributed by atoms with Gasteiger partial charge in [-0.2, -0.15) is 0 Å². The van der Waals surface area contributed by atoms with Crippen LogP contribution in [0.25, 0.3) is 0 Å². The number of likely N-dealkylation sites (tertiary alicyclic amines) is 1. The normalized spacial score (nSPS) is 19.9. The third-order valence-corrected chi connectivity index (χ3v) is 3.65. The average Bonchev–Trinajstić information content (AvgIpc) is 2.81. The molecule has 1 heterocycles. The average molecular weight is 241 g/mol. The quantitative estimate of drug-likeness (QED) is 0.664. The Balaban J connectivity index is 2.08. The van der Waals surface area contributed by atoms with Crippen LogP contribution in [0.4, 0.5) is 0 Å². The minimum atomic E-state index is 0.0996. The highest BCUT2D eigenvalue weighted by Crippen LogP contribution is 2.18. The lowest BCUT2D eigenvalue weighted by Gasteiger charge is -2.22. The molecule has 1 atom stereocenters. The second-order valence-electron chi connectivity index (χ2n) is 5.08. The van der Waals surface area contributed by atoms with Crippen molar-refractivity contribution in [3.63, 3.8) is 0 Å². The van der Waals surface area contributed by atoms with E-state index in [4.69, 9.17) is 5.11 Å².